The fraction of sp³-hybridized carbons (Fsp3) is 0.632. The molecule has 0 aromatic heterocycles. The SMILES string of the molecule is CCNC(=NCc1ccc(S(=O)(=O)N2CCCC(C)C2)cc1)NC1CC1. The second kappa shape index (κ2) is 8.39. The molecule has 1 heterocycles. The molecule has 0 amide bonds. The minimum absolute atomic E-state index is 0.377. The maximum atomic E-state index is 12.8. The minimum Gasteiger partial charge on any atom is -0.357 e. The van der Waals surface area contributed by atoms with Gasteiger partial charge in [-0.1, -0.05) is 19.1 Å². The highest BCUT2D eigenvalue weighted by Crippen LogP contribution is 2.23. The van der Waals surface area contributed by atoms with Crippen LogP contribution in [0.4, 0.5) is 0 Å². The average Bonchev–Trinajstić information content (AvgIpc) is 3.44. The fourth-order valence-electron chi connectivity index (χ4n) is 3.19. The molecule has 1 saturated heterocycles. The number of nitrogens with one attached hydrogen (secondary N) is 2. The highest BCUT2D eigenvalue weighted by Gasteiger charge is 2.28. The van der Waals surface area contributed by atoms with Crippen molar-refractivity contribution in [2.75, 3.05) is 19.6 Å². The van der Waals surface area contributed by atoms with E-state index in [4.69, 9.17) is 0 Å². The highest BCUT2D eigenvalue weighted by molar-refractivity contribution is 7.89. The summed E-state index contributed by atoms with van der Waals surface area (Å²) in [6, 6.07) is 7.70. The first-order valence-electron chi connectivity index (χ1n) is 9.63. The summed E-state index contributed by atoms with van der Waals surface area (Å²) in [7, 11) is -3.39. The van der Waals surface area contributed by atoms with Crippen LogP contribution in [-0.4, -0.2) is 44.4 Å². The van der Waals surface area contributed by atoms with Crippen molar-refractivity contribution in [3.63, 3.8) is 0 Å². The molecule has 2 fully saturated rings. The van der Waals surface area contributed by atoms with Crippen LogP contribution in [0.1, 0.15) is 45.1 Å². The van der Waals surface area contributed by atoms with Gasteiger partial charge in [0.1, 0.15) is 0 Å². The van der Waals surface area contributed by atoms with Crippen LogP contribution in [0.2, 0.25) is 0 Å². The van der Waals surface area contributed by atoms with E-state index in [1.54, 1.807) is 16.4 Å². The number of nitrogens with zero attached hydrogens (tertiary/aromatic N) is 2. The number of rotatable bonds is 6. The summed E-state index contributed by atoms with van der Waals surface area (Å²) in [4.78, 5) is 4.97. The molecule has 1 atom stereocenters. The third-order valence-corrected chi connectivity index (χ3v) is 6.74. The van der Waals surface area contributed by atoms with Crippen LogP contribution in [0.5, 0.6) is 0 Å². The van der Waals surface area contributed by atoms with E-state index in [-0.39, 0.29) is 0 Å². The second-order valence-corrected chi connectivity index (χ2v) is 9.31. The molecule has 1 aliphatic carbocycles. The van der Waals surface area contributed by atoms with E-state index < -0.39 is 10.0 Å². The predicted octanol–water partition coefficient (Wildman–Crippen LogP) is 2.32. The number of benzene rings is 1. The van der Waals surface area contributed by atoms with Gasteiger partial charge in [0.25, 0.3) is 0 Å². The Hall–Kier alpha value is -1.60. The monoisotopic (exact) mass is 378 g/mol. The molecule has 0 radical (unpaired) electrons. The predicted molar refractivity (Wildman–Crippen MR) is 105 cm³/mol. The summed E-state index contributed by atoms with van der Waals surface area (Å²) in [5.74, 6) is 1.25. The molecule has 3 rings (SSSR count). The quantitative estimate of drug-likeness (QED) is 0.589. The molecular weight excluding hydrogens is 348 g/mol. The molecule has 6 nitrogen and oxygen atoms in total. The Balaban J connectivity index is 1.65. The van der Waals surface area contributed by atoms with Gasteiger partial charge < -0.3 is 10.6 Å². The number of sulfonamides is 1. The molecule has 0 spiro atoms. The second-order valence-electron chi connectivity index (χ2n) is 7.37. The maximum absolute atomic E-state index is 12.8. The minimum atomic E-state index is -3.39. The standard InChI is InChI=1S/C19H30N4O2S/c1-3-20-19(22-17-8-9-17)21-13-16-6-10-18(11-7-16)26(24,25)23-12-4-5-15(2)14-23/h6-7,10-11,15,17H,3-5,8-9,12-14H2,1-2H3,(H2,20,21,22). The van der Waals surface area contributed by atoms with Gasteiger partial charge >= 0.3 is 0 Å². The number of piperidine rings is 1. The van der Waals surface area contributed by atoms with E-state index in [0.29, 0.717) is 36.5 Å². The van der Waals surface area contributed by atoms with Gasteiger partial charge in [-0.2, -0.15) is 4.31 Å². The smallest absolute Gasteiger partial charge is 0.243 e. The fourth-order valence-corrected chi connectivity index (χ4v) is 4.79. The van der Waals surface area contributed by atoms with Crippen LogP contribution < -0.4 is 10.6 Å². The highest BCUT2D eigenvalue weighted by atomic mass is 32.2. The van der Waals surface area contributed by atoms with Crippen molar-refractivity contribution >= 4 is 16.0 Å². The maximum Gasteiger partial charge on any atom is 0.243 e. The van der Waals surface area contributed by atoms with Crippen LogP contribution >= 0.6 is 0 Å². The summed E-state index contributed by atoms with van der Waals surface area (Å²) in [6.07, 6.45) is 4.44. The van der Waals surface area contributed by atoms with Gasteiger partial charge in [-0.3, -0.25) is 0 Å². The Morgan fingerprint density at radius 2 is 1.96 bits per heavy atom. The summed E-state index contributed by atoms with van der Waals surface area (Å²) >= 11 is 0. The average molecular weight is 379 g/mol. The van der Waals surface area contributed by atoms with Gasteiger partial charge in [-0.25, -0.2) is 13.4 Å². The van der Waals surface area contributed by atoms with Crippen molar-refractivity contribution < 1.29 is 8.42 Å². The number of guanidine groups is 1. The van der Waals surface area contributed by atoms with Crippen molar-refractivity contribution in [3.8, 4) is 0 Å². The van der Waals surface area contributed by atoms with Gasteiger partial charge in [0.05, 0.1) is 11.4 Å². The van der Waals surface area contributed by atoms with Crippen molar-refractivity contribution in [2.24, 2.45) is 10.9 Å². The van der Waals surface area contributed by atoms with Gasteiger partial charge in [-0.05, 0) is 56.2 Å². The molecule has 26 heavy (non-hydrogen) atoms. The lowest BCUT2D eigenvalue weighted by atomic mass is 10.0. The normalized spacial score (nSPS) is 22.2. The Labute approximate surface area is 157 Å². The van der Waals surface area contributed by atoms with E-state index >= 15 is 0 Å². The van der Waals surface area contributed by atoms with Gasteiger partial charge in [0.15, 0.2) is 5.96 Å². The summed E-state index contributed by atoms with van der Waals surface area (Å²) in [6.45, 7) is 6.75. The topological polar surface area (TPSA) is 73.8 Å². The molecule has 2 N–H and O–H groups in total. The lowest BCUT2D eigenvalue weighted by molar-refractivity contribution is 0.281. The van der Waals surface area contributed by atoms with E-state index in [0.717, 1.165) is 30.9 Å². The van der Waals surface area contributed by atoms with Gasteiger partial charge in [0, 0.05) is 25.7 Å². The van der Waals surface area contributed by atoms with Crippen LogP contribution in [0.15, 0.2) is 34.2 Å². The first-order valence-corrected chi connectivity index (χ1v) is 11.1. The largest absolute Gasteiger partial charge is 0.357 e. The molecule has 1 saturated carbocycles. The Kier molecular flexibility index (Phi) is 6.19. The Bertz CT molecular complexity index is 726. The molecule has 1 aromatic carbocycles. The Morgan fingerprint density at radius 1 is 1.23 bits per heavy atom. The molecule has 1 unspecified atom stereocenters. The summed E-state index contributed by atoms with van der Waals surface area (Å²) < 4.78 is 27.2. The molecule has 0 bridgehead atoms. The lowest BCUT2D eigenvalue weighted by Gasteiger charge is -2.30. The number of hydrogen-bond donors (Lipinski definition) is 2. The van der Waals surface area contributed by atoms with Gasteiger partial charge in [-0.15, -0.1) is 0 Å². The first kappa shape index (κ1) is 19.2. The molecule has 1 aliphatic heterocycles. The van der Waals surface area contributed by atoms with Crippen molar-refractivity contribution in [1.29, 1.82) is 0 Å². The summed E-state index contributed by atoms with van der Waals surface area (Å²) in [5.41, 5.74) is 1.00. The van der Waals surface area contributed by atoms with Crippen LogP contribution in [0.25, 0.3) is 0 Å². The molecule has 144 valence electrons. The van der Waals surface area contributed by atoms with Crippen LogP contribution in [0.3, 0.4) is 0 Å². The van der Waals surface area contributed by atoms with Crippen molar-refractivity contribution in [3.05, 3.63) is 29.8 Å². The number of aliphatic imine (C=N–C) groups is 1. The summed E-state index contributed by atoms with van der Waals surface area (Å²) in [5, 5.41) is 6.62. The van der Waals surface area contributed by atoms with Crippen LogP contribution in [-0.2, 0) is 16.6 Å². The molecular formula is C19H30N4O2S. The zero-order valence-electron chi connectivity index (χ0n) is 15.7. The lowest BCUT2D eigenvalue weighted by Crippen LogP contribution is -2.39. The van der Waals surface area contributed by atoms with E-state index in [9.17, 15) is 8.42 Å². The van der Waals surface area contributed by atoms with E-state index in [1.165, 1.54) is 12.8 Å². The first-order chi connectivity index (χ1) is 12.5. The van der Waals surface area contributed by atoms with Crippen molar-refractivity contribution in [2.45, 2.75) is 57.0 Å². The van der Waals surface area contributed by atoms with E-state index in [2.05, 4.69) is 22.5 Å². The van der Waals surface area contributed by atoms with Crippen molar-refractivity contribution in [1.82, 2.24) is 14.9 Å². The third-order valence-electron chi connectivity index (χ3n) is 4.86. The molecule has 7 heteroatoms. The van der Waals surface area contributed by atoms with Crippen LogP contribution in [0, 0.1) is 5.92 Å². The zero-order chi connectivity index (χ0) is 18.6. The molecule has 2 aliphatic rings. The van der Waals surface area contributed by atoms with E-state index in [1.807, 2.05) is 19.1 Å². The zero-order valence-corrected chi connectivity index (χ0v) is 16.6. The third kappa shape index (κ3) is 4.98. The Morgan fingerprint density at radius 3 is 2.58 bits per heavy atom. The number of hydrogen-bond acceptors (Lipinski definition) is 3. The van der Waals surface area contributed by atoms with Gasteiger partial charge in [0.2, 0.25) is 10.0 Å². The molecule has 1 aromatic rings.